The van der Waals surface area contributed by atoms with Crippen molar-refractivity contribution < 1.29 is 14.2 Å². The molecule has 28 heavy (non-hydrogen) atoms. The van der Waals surface area contributed by atoms with E-state index in [-0.39, 0.29) is 0 Å². The van der Waals surface area contributed by atoms with Gasteiger partial charge in [-0.3, -0.25) is 0 Å². The molecule has 7 nitrogen and oxygen atoms in total. The number of rotatable bonds is 5. The zero-order valence-corrected chi connectivity index (χ0v) is 16.4. The number of benzene rings is 2. The summed E-state index contributed by atoms with van der Waals surface area (Å²) in [6.45, 7) is 3.57. The molecule has 1 fully saturated rings. The monoisotopic (exact) mass is 380 g/mol. The van der Waals surface area contributed by atoms with Gasteiger partial charge in [0.15, 0.2) is 0 Å². The van der Waals surface area contributed by atoms with Crippen LogP contribution >= 0.6 is 0 Å². The Hall–Kier alpha value is -3.06. The minimum atomic E-state index is 0.645. The quantitative estimate of drug-likeness (QED) is 0.730. The SMILES string of the molecule is COc1cc(OC)c(-c2nc(N3CCNCC3)nc3ccccc23)c(OC)c1. The molecule has 1 saturated heterocycles. The lowest BCUT2D eigenvalue weighted by molar-refractivity contribution is 0.377. The second kappa shape index (κ2) is 7.90. The van der Waals surface area contributed by atoms with Gasteiger partial charge in [0.05, 0.1) is 38.1 Å². The van der Waals surface area contributed by atoms with Crippen LogP contribution in [0.4, 0.5) is 5.95 Å². The average Bonchev–Trinajstić information content (AvgIpc) is 2.77. The maximum atomic E-state index is 5.67. The second-order valence-electron chi connectivity index (χ2n) is 6.53. The molecule has 146 valence electrons. The summed E-state index contributed by atoms with van der Waals surface area (Å²) < 4.78 is 16.7. The van der Waals surface area contributed by atoms with E-state index < -0.39 is 0 Å². The van der Waals surface area contributed by atoms with E-state index >= 15 is 0 Å². The minimum absolute atomic E-state index is 0.645. The molecule has 7 heteroatoms. The smallest absolute Gasteiger partial charge is 0.226 e. The van der Waals surface area contributed by atoms with E-state index in [1.807, 2.05) is 36.4 Å². The van der Waals surface area contributed by atoms with Gasteiger partial charge in [0.2, 0.25) is 5.95 Å². The molecule has 4 rings (SSSR count). The molecule has 1 N–H and O–H groups in total. The molecule has 0 spiro atoms. The minimum Gasteiger partial charge on any atom is -0.496 e. The number of methoxy groups -OCH3 is 3. The van der Waals surface area contributed by atoms with Crippen LogP contribution in [0.1, 0.15) is 0 Å². The molecule has 0 saturated carbocycles. The summed E-state index contributed by atoms with van der Waals surface area (Å²) in [5.41, 5.74) is 2.47. The third-order valence-corrected chi connectivity index (χ3v) is 4.94. The first-order chi connectivity index (χ1) is 13.7. The predicted octanol–water partition coefficient (Wildman–Crippen LogP) is 2.73. The first-order valence-electron chi connectivity index (χ1n) is 9.28. The third-order valence-electron chi connectivity index (χ3n) is 4.94. The van der Waals surface area contributed by atoms with Crippen molar-refractivity contribution in [2.45, 2.75) is 0 Å². The zero-order chi connectivity index (χ0) is 19.5. The van der Waals surface area contributed by atoms with Gasteiger partial charge in [0.1, 0.15) is 17.2 Å². The number of nitrogens with one attached hydrogen (secondary N) is 1. The Kier molecular flexibility index (Phi) is 5.16. The van der Waals surface area contributed by atoms with Crippen LogP contribution in [-0.4, -0.2) is 57.5 Å². The summed E-state index contributed by atoms with van der Waals surface area (Å²) in [5.74, 6) is 2.67. The van der Waals surface area contributed by atoms with E-state index in [1.165, 1.54) is 0 Å². The van der Waals surface area contributed by atoms with Crippen molar-refractivity contribution in [1.82, 2.24) is 15.3 Å². The van der Waals surface area contributed by atoms with Gasteiger partial charge in [-0.2, -0.15) is 0 Å². The predicted molar refractivity (Wildman–Crippen MR) is 110 cm³/mol. The van der Waals surface area contributed by atoms with Crippen LogP contribution in [0.15, 0.2) is 36.4 Å². The fourth-order valence-electron chi connectivity index (χ4n) is 3.50. The molecule has 0 radical (unpaired) electrons. The number of aromatic nitrogens is 2. The van der Waals surface area contributed by atoms with Gasteiger partial charge in [0.25, 0.3) is 0 Å². The van der Waals surface area contributed by atoms with Crippen molar-refractivity contribution in [3.05, 3.63) is 36.4 Å². The number of para-hydroxylation sites is 1. The van der Waals surface area contributed by atoms with Crippen molar-refractivity contribution in [3.8, 4) is 28.5 Å². The fraction of sp³-hybridized carbons (Fsp3) is 0.333. The van der Waals surface area contributed by atoms with Crippen LogP contribution in [0.2, 0.25) is 0 Å². The Morgan fingerprint density at radius 3 is 2.21 bits per heavy atom. The highest BCUT2D eigenvalue weighted by Gasteiger charge is 2.22. The van der Waals surface area contributed by atoms with Crippen molar-refractivity contribution in [2.75, 3.05) is 52.4 Å². The van der Waals surface area contributed by atoms with Crippen LogP contribution in [0.3, 0.4) is 0 Å². The van der Waals surface area contributed by atoms with Gasteiger partial charge in [-0.05, 0) is 6.07 Å². The lowest BCUT2D eigenvalue weighted by Gasteiger charge is -2.28. The molecule has 2 heterocycles. The van der Waals surface area contributed by atoms with Gasteiger partial charge in [0, 0.05) is 43.7 Å². The summed E-state index contributed by atoms with van der Waals surface area (Å²) in [4.78, 5) is 12.0. The first kappa shape index (κ1) is 18.3. The molecule has 1 aliphatic heterocycles. The van der Waals surface area contributed by atoms with Gasteiger partial charge in [-0.1, -0.05) is 18.2 Å². The Morgan fingerprint density at radius 2 is 1.57 bits per heavy atom. The van der Waals surface area contributed by atoms with Crippen molar-refractivity contribution >= 4 is 16.9 Å². The molecule has 0 unspecified atom stereocenters. The number of piperazine rings is 1. The molecule has 0 amide bonds. The van der Waals surface area contributed by atoms with Crippen molar-refractivity contribution in [2.24, 2.45) is 0 Å². The number of ether oxygens (including phenoxy) is 3. The molecule has 2 aromatic carbocycles. The summed E-state index contributed by atoms with van der Waals surface area (Å²) in [7, 11) is 4.90. The molecule has 3 aromatic rings. The standard InChI is InChI=1S/C21H24N4O3/c1-26-14-12-17(27-2)19(18(13-14)28-3)20-15-6-4-5-7-16(15)23-21(24-20)25-10-8-22-9-11-25/h4-7,12-13,22H,8-11H2,1-3H3. The van der Waals surface area contributed by atoms with Gasteiger partial charge in [-0.15, -0.1) is 0 Å². The molecule has 1 aliphatic rings. The van der Waals surface area contributed by atoms with E-state index in [0.717, 1.165) is 54.3 Å². The number of nitrogens with zero attached hydrogens (tertiary/aromatic N) is 3. The number of fused-ring (bicyclic) bond motifs is 1. The van der Waals surface area contributed by atoms with E-state index in [9.17, 15) is 0 Å². The Bertz CT molecular complexity index is 962. The molecule has 0 bridgehead atoms. The fourth-order valence-corrected chi connectivity index (χ4v) is 3.50. The number of anilines is 1. The number of hydrogen-bond donors (Lipinski definition) is 1. The van der Waals surface area contributed by atoms with Crippen LogP contribution in [0, 0.1) is 0 Å². The summed E-state index contributed by atoms with van der Waals surface area (Å²) in [6.07, 6.45) is 0. The highest BCUT2D eigenvalue weighted by atomic mass is 16.5. The highest BCUT2D eigenvalue weighted by Crippen LogP contribution is 2.43. The highest BCUT2D eigenvalue weighted by molar-refractivity contribution is 5.96. The van der Waals surface area contributed by atoms with Gasteiger partial charge < -0.3 is 24.4 Å². The topological polar surface area (TPSA) is 68.7 Å². The van der Waals surface area contributed by atoms with E-state index in [1.54, 1.807) is 21.3 Å². The lowest BCUT2D eigenvalue weighted by atomic mass is 10.0. The Labute approximate surface area is 164 Å². The van der Waals surface area contributed by atoms with Crippen molar-refractivity contribution in [3.63, 3.8) is 0 Å². The summed E-state index contributed by atoms with van der Waals surface area (Å²) in [5, 5.41) is 4.31. The summed E-state index contributed by atoms with van der Waals surface area (Å²) in [6, 6.07) is 11.7. The number of hydrogen-bond acceptors (Lipinski definition) is 7. The average molecular weight is 380 g/mol. The molecule has 1 aromatic heterocycles. The Balaban J connectivity index is 1.97. The molecule has 0 atom stereocenters. The van der Waals surface area contributed by atoms with Crippen LogP contribution < -0.4 is 24.4 Å². The lowest BCUT2D eigenvalue weighted by Crippen LogP contribution is -2.44. The zero-order valence-electron chi connectivity index (χ0n) is 16.4. The maximum absolute atomic E-state index is 5.67. The summed E-state index contributed by atoms with van der Waals surface area (Å²) >= 11 is 0. The normalized spacial score (nSPS) is 14.2. The van der Waals surface area contributed by atoms with E-state index in [2.05, 4.69) is 10.2 Å². The van der Waals surface area contributed by atoms with E-state index in [4.69, 9.17) is 24.2 Å². The third kappa shape index (κ3) is 3.29. The first-order valence-corrected chi connectivity index (χ1v) is 9.28. The maximum Gasteiger partial charge on any atom is 0.226 e. The van der Waals surface area contributed by atoms with Gasteiger partial charge >= 0.3 is 0 Å². The molecule has 0 aliphatic carbocycles. The molecular weight excluding hydrogens is 356 g/mol. The van der Waals surface area contributed by atoms with Gasteiger partial charge in [-0.25, -0.2) is 9.97 Å². The van der Waals surface area contributed by atoms with Crippen LogP contribution in [-0.2, 0) is 0 Å². The van der Waals surface area contributed by atoms with Crippen molar-refractivity contribution in [1.29, 1.82) is 0 Å². The van der Waals surface area contributed by atoms with Crippen LogP contribution in [0.5, 0.6) is 17.2 Å². The second-order valence-corrected chi connectivity index (χ2v) is 6.53. The largest absolute Gasteiger partial charge is 0.496 e. The van der Waals surface area contributed by atoms with E-state index in [0.29, 0.717) is 17.2 Å². The molecular formula is C21H24N4O3. The van der Waals surface area contributed by atoms with Crippen LogP contribution in [0.25, 0.3) is 22.2 Å². The Morgan fingerprint density at radius 1 is 0.893 bits per heavy atom.